The van der Waals surface area contributed by atoms with Gasteiger partial charge in [-0.05, 0) is 34.5 Å². The van der Waals surface area contributed by atoms with Crippen molar-refractivity contribution in [2.45, 2.75) is 30.7 Å². The molecule has 1 unspecified atom stereocenters. The highest BCUT2D eigenvalue weighted by atomic mass is 79.9. The molecule has 9 heteroatoms. The summed E-state index contributed by atoms with van der Waals surface area (Å²) in [6.07, 6.45) is 0.521. The molecule has 1 aromatic carbocycles. The van der Waals surface area contributed by atoms with Crippen LogP contribution in [0.15, 0.2) is 21.5 Å². The van der Waals surface area contributed by atoms with Gasteiger partial charge in [-0.25, -0.2) is 12.8 Å². The number of benzene rings is 1. The van der Waals surface area contributed by atoms with E-state index in [1.54, 1.807) is 13.0 Å². The number of nitrogens with zero attached hydrogens (tertiary/aromatic N) is 1. The molecule has 1 aromatic rings. The summed E-state index contributed by atoms with van der Waals surface area (Å²) in [5.74, 6) is -2.46. The maximum absolute atomic E-state index is 13.8. The summed E-state index contributed by atoms with van der Waals surface area (Å²) < 4.78 is 40.0. The van der Waals surface area contributed by atoms with Crippen molar-refractivity contribution < 1.29 is 22.7 Å². The van der Waals surface area contributed by atoms with Crippen LogP contribution in [0.5, 0.6) is 0 Å². The minimum atomic E-state index is -4.35. The van der Waals surface area contributed by atoms with Crippen molar-refractivity contribution in [3.8, 4) is 6.07 Å². The van der Waals surface area contributed by atoms with Crippen LogP contribution >= 0.6 is 15.9 Å². The molecule has 114 valence electrons. The predicted octanol–water partition coefficient (Wildman–Crippen LogP) is 1.99. The maximum Gasteiger partial charge on any atom is 0.321 e. The van der Waals surface area contributed by atoms with E-state index in [1.165, 1.54) is 0 Å². The lowest BCUT2D eigenvalue weighted by Gasteiger charge is -2.14. The van der Waals surface area contributed by atoms with Crippen LogP contribution in [-0.4, -0.2) is 25.5 Å². The number of hydrogen-bond acceptors (Lipinski definition) is 4. The Morgan fingerprint density at radius 2 is 2.19 bits per heavy atom. The quantitative estimate of drug-likeness (QED) is 0.786. The molecule has 2 N–H and O–H groups in total. The molecule has 0 bridgehead atoms. The van der Waals surface area contributed by atoms with Crippen molar-refractivity contribution in [2.24, 2.45) is 0 Å². The van der Waals surface area contributed by atoms with Gasteiger partial charge in [0.2, 0.25) is 10.0 Å². The highest BCUT2D eigenvalue weighted by Gasteiger charge is 2.27. The lowest BCUT2D eigenvalue weighted by molar-refractivity contribution is -0.139. The number of carbonyl (C=O) groups is 1. The molecule has 6 nitrogen and oxygen atoms in total. The Hall–Kier alpha value is -1.50. The fraction of sp³-hybridized carbons (Fsp3) is 0.333. The lowest BCUT2D eigenvalue weighted by Crippen LogP contribution is -2.40. The molecule has 0 heterocycles. The molecular weight excluding hydrogens is 367 g/mol. The fourth-order valence-corrected chi connectivity index (χ4v) is 3.48. The number of halogens is 2. The molecular formula is C12H12BrFN2O4S. The molecule has 0 aliphatic carbocycles. The van der Waals surface area contributed by atoms with Gasteiger partial charge in [0, 0.05) is 4.47 Å². The number of carboxylic acids is 1. The summed E-state index contributed by atoms with van der Waals surface area (Å²) in [4.78, 5) is 10.3. The Morgan fingerprint density at radius 1 is 1.57 bits per heavy atom. The minimum absolute atomic E-state index is 0.0604. The summed E-state index contributed by atoms with van der Waals surface area (Å²) >= 11 is 2.96. The Labute approximate surface area is 129 Å². The van der Waals surface area contributed by atoms with Crippen LogP contribution < -0.4 is 4.72 Å². The zero-order valence-electron chi connectivity index (χ0n) is 10.9. The summed E-state index contributed by atoms with van der Waals surface area (Å²) in [7, 11) is -4.35. The number of hydrogen-bond donors (Lipinski definition) is 2. The first-order chi connectivity index (χ1) is 9.72. The molecule has 0 amide bonds. The molecule has 0 radical (unpaired) electrons. The Bertz CT molecular complexity index is 700. The van der Waals surface area contributed by atoms with E-state index in [2.05, 4.69) is 15.9 Å². The van der Waals surface area contributed by atoms with Gasteiger partial charge in [-0.2, -0.15) is 9.98 Å². The average Bonchev–Trinajstić information content (AvgIpc) is 2.39. The Balaban J connectivity index is 3.23. The third-order valence-electron chi connectivity index (χ3n) is 2.60. The second-order valence-corrected chi connectivity index (χ2v) is 6.71. The first kappa shape index (κ1) is 17.6. The molecule has 1 rings (SSSR count). The number of aliphatic carboxylic acids is 1. The second kappa shape index (κ2) is 6.98. The molecule has 0 aliphatic rings. The van der Waals surface area contributed by atoms with Gasteiger partial charge in [-0.1, -0.05) is 13.3 Å². The topological polar surface area (TPSA) is 107 Å². The van der Waals surface area contributed by atoms with Crippen LogP contribution in [0.4, 0.5) is 4.39 Å². The van der Waals surface area contributed by atoms with Crippen molar-refractivity contribution in [3.05, 3.63) is 28.0 Å². The van der Waals surface area contributed by atoms with E-state index in [4.69, 9.17) is 10.4 Å². The van der Waals surface area contributed by atoms with Gasteiger partial charge in [0.1, 0.15) is 22.8 Å². The minimum Gasteiger partial charge on any atom is -0.480 e. The zero-order chi connectivity index (χ0) is 16.2. The Kier molecular flexibility index (Phi) is 5.83. The van der Waals surface area contributed by atoms with E-state index in [0.29, 0.717) is 6.42 Å². The van der Waals surface area contributed by atoms with Crippen LogP contribution in [0.25, 0.3) is 0 Å². The van der Waals surface area contributed by atoms with Crippen molar-refractivity contribution in [3.63, 3.8) is 0 Å². The molecule has 0 aliphatic heterocycles. The number of rotatable bonds is 6. The first-order valence-corrected chi connectivity index (χ1v) is 8.14. The molecule has 1 atom stereocenters. The van der Waals surface area contributed by atoms with Crippen LogP contribution in [0.2, 0.25) is 0 Å². The van der Waals surface area contributed by atoms with Crippen LogP contribution in [-0.2, 0) is 14.8 Å². The van der Waals surface area contributed by atoms with Gasteiger partial charge in [0.25, 0.3) is 0 Å². The van der Waals surface area contributed by atoms with Crippen LogP contribution in [0, 0.1) is 17.1 Å². The molecule has 0 aromatic heterocycles. The van der Waals surface area contributed by atoms with E-state index < -0.39 is 32.7 Å². The highest BCUT2D eigenvalue weighted by Crippen LogP contribution is 2.24. The van der Waals surface area contributed by atoms with Gasteiger partial charge in [-0.15, -0.1) is 0 Å². The van der Waals surface area contributed by atoms with Crippen molar-refractivity contribution >= 4 is 31.9 Å². The van der Waals surface area contributed by atoms with Gasteiger partial charge in [0.15, 0.2) is 0 Å². The smallest absolute Gasteiger partial charge is 0.321 e. The first-order valence-electron chi connectivity index (χ1n) is 5.87. The van der Waals surface area contributed by atoms with E-state index in [0.717, 1.165) is 12.1 Å². The number of nitrogens with one attached hydrogen (secondary N) is 1. The molecule has 21 heavy (non-hydrogen) atoms. The van der Waals surface area contributed by atoms with Crippen molar-refractivity contribution in [1.29, 1.82) is 5.26 Å². The van der Waals surface area contributed by atoms with Crippen molar-refractivity contribution in [1.82, 2.24) is 4.72 Å². The second-order valence-electron chi connectivity index (χ2n) is 4.18. The highest BCUT2D eigenvalue weighted by molar-refractivity contribution is 9.10. The SMILES string of the molecule is CCCC(NS(=O)(=O)c1cc(Br)c(C#N)cc1F)C(=O)O. The largest absolute Gasteiger partial charge is 0.480 e. The standard InChI is InChI=1S/C12H12BrFN2O4S/c1-2-3-10(12(17)18)16-21(19,20)11-5-8(13)7(6-15)4-9(11)14/h4-5,10,16H,2-3H2,1H3,(H,17,18). The fourth-order valence-electron chi connectivity index (χ4n) is 1.59. The normalized spacial score (nSPS) is 12.7. The average molecular weight is 379 g/mol. The summed E-state index contributed by atoms with van der Waals surface area (Å²) in [5, 5.41) is 17.7. The number of nitriles is 1. The molecule has 0 saturated heterocycles. The van der Waals surface area contributed by atoms with Gasteiger partial charge >= 0.3 is 5.97 Å². The van der Waals surface area contributed by atoms with E-state index >= 15 is 0 Å². The van der Waals surface area contributed by atoms with Crippen LogP contribution in [0.3, 0.4) is 0 Å². The maximum atomic E-state index is 13.8. The Morgan fingerprint density at radius 3 is 2.67 bits per heavy atom. The third-order valence-corrected chi connectivity index (χ3v) is 4.75. The van der Waals surface area contributed by atoms with Gasteiger partial charge in [-0.3, -0.25) is 4.79 Å². The summed E-state index contributed by atoms with van der Waals surface area (Å²) in [5.41, 5.74) is -0.0604. The molecule has 0 saturated carbocycles. The lowest BCUT2D eigenvalue weighted by atomic mass is 10.2. The molecule has 0 spiro atoms. The third kappa shape index (κ3) is 4.23. The summed E-state index contributed by atoms with van der Waals surface area (Å²) in [6.45, 7) is 1.70. The van der Waals surface area contributed by atoms with Crippen LogP contribution in [0.1, 0.15) is 25.3 Å². The van der Waals surface area contributed by atoms with E-state index in [9.17, 15) is 17.6 Å². The molecule has 0 fully saturated rings. The van der Waals surface area contributed by atoms with Gasteiger partial charge < -0.3 is 5.11 Å². The summed E-state index contributed by atoms with van der Waals surface area (Å²) in [6, 6.07) is 2.06. The van der Waals surface area contributed by atoms with Gasteiger partial charge in [0.05, 0.1) is 5.56 Å². The predicted molar refractivity (Wildman–Crippen MR) is 75.5 cm³/mol. The van der Waals surface area contributed by atoms with E-state index in [1.807, 2.05) is 4.72 Å². The monoisotopic (exact) mass is 378 g/mol. The van der Waals surface area contributed by atoms with E-state index in [-0.39, 0.29) is 16.5 Å². The zero-order valence-corrected chi connectivity index (χ0v) is 13.3. The number of sulfonamides is 1. The van der Waals surface area contributed by atoms with Crippen molar-refractivity contribution in [2.75, 3.05) is 0 Å². The number of carboxylic acid groups (broad SMARTS) is 1.